The third-order valence-corrected chi connectivity index (χ3v) is 3.69. The van der Waals surface area contributed by atoms with Gasteiger partial charge in [-0.1, -0.05) is 6.92 Å². The molecular formula is C11H18N2O4S. The number of hydrogen-bond donors (Lipinski definition) is 2. The molecule has 1 saturated heterocycles. The predicted octanol–water partition coefficient (Wildman–Crippen LogP) is 0.277. The van der Waals surface area contributed by atoms with Gasteiger partial charge in [0, 0.05) is 18.2 Å². The lowest BCUT2D eigenvalue weighted by molar-refractivity contribution is -0.139. The Balaban J connectivity index is 2.55. The first kappa shape index (κ1) is 14.8. The fraction of sp³-hybridized carbons (Fsp3) is 0.727. The second kappa shape index (κ2) is 6.63. The van der Waals surface area contributed by atoms with Crippen LogP contribution in [0.2, 0.25) is 0 Å². The molecule has 0 spiro atoms. The molecule has 1 aliphatic heterocycles. The highest BCUT2D eigenvalue weighted by molar-refractivity contribution is 7.99. The van der Waals surface area contributed by atoms with Crippen LogP contribution in [0.5, 0.6) is 0 Å². The third kappa shape index (κ3) is 3.90. The van der Waals surface area contributed by atoms with Crippen LogP contribution in [0.15, 0.2) is 0 Å². The van der Waals surface area contributed by atoms with E-state index in [1.54, 1.807) is 18.7 Å². The first-order valence-corrected chi connectivity index (χ1v) is 7.00. The van der Waals surface area contributed by atoms with Crippen LogP contribution in [0.4, 0.5) is 0 Å². The molecule has 6 nitrogen and oxygen atoms in total. The normalized spacial score (nSPS) is 20.6. The van der Waals surface area contributed by atoms with Crippen LogP contribution in [0.25, 0.3) is 0 Å². The van der Waals surface area contributed by atoms with Crippen molar-refractivity contribution in [2.24, 2.45) is 0 Å². The van der Waals surface area contributed by atoms with Gasteiger partial charge < -0.3 is 15.3 Å². The Kier molecular flexibility index (Phi) is 5.46. The monoisotopic (exact) mass is 274 g/mol. The summed E-state index contributed by atoms with van der Waals surface area (Å²) in [6, 6.07) is -0.905. The first-order valence-electron chi connectivity index (χ1n) is 5.85. The van der Waals surface area contributed by atoms with E-state index in [4.69, 9.17) is 5.11 Å². The summed E-state index contributed by atoms with van der Waals surface area (Å²) in [5.74, 6) is -0.179. The van der Waals surface area contributed by atoms with Crippen molar-refractivity contribution >= 4 is 29.5 Å². The lowest BCUT2D eigenvalue weighted by Gasteiger charge is -2.24. The van der Waals surface area contributed by atoms with Crippen molar-refractivity contribution < 1.29 is 19.5 Å². The largest absolute Gasteiger partial charge is 0.481 e. The molecule has 18 heavy (non-hydrogen) atoms. The highest BCUT2D eigenvalue weighted by Crippen LogP contribution is 2.21. The van der Waals surface area contributed by atoms with Crippen molar-refractivity contribution in [3.63, 3.8) is 0 Å². The van der Waals surface area contributed by atoms with Crippen LogP contribution < -0.4 is 5.32 Å². The molecule has 2 unspecified atom stereocenters. The van der Waals surface area contributed by atoms with E-state index in [1.165, 1.54) is 11.8 Å². The van der Waals surface area contributed by atoms with E-state index >= 15 is 0 Å². The Morgan fingerprint density at radius 1 is 1.50 bits per heavy atom. The lowest BCUT2D eigenvalue weighted by Crippen LogP contribution is -2.49. The predicted molar refractivity (Wildman–Crippen MR) is 68.1 cm³/mol. The number of thioether (sulfide) groups is 1. The van der Waals surface area contributed by atoms with E-state index in [1.807, 2.05) is 0 Å². The summed E-state index contributed by atoms with van der Waals surface area (Å²) < 4.78 is 0. The molecule has 1 heterocycles. The minimum absolute atomic E-state index is 0.0500. The van der Waals surface area contributed by atoms with Gasteiger partial charge in [-0.3, -0.25) is 14.4 Å². The Labute approximate surface area is 110 Å². The second-order valence-corrected chi connectivity index (χ2v) is 5.24. The van der Waals surface area contributed by atoms with Crippen LogP contribution >= 0.6 is 11.8 Å². The van der Waals surface area contributed by atoms with E-state index in [0.29, 0.717) is 18.1 Å². The van der Waals surface area contributed by atoms with Gasteiger partial charge in [-0.15, -0.1) is 11.8 Å². The molecule has 0 aromatic rings. The van der Waals surface area contributed by atoms with E-state index in [0.717, 1.165) is 0 Å². The summed E-state index contributed by atoms with van der Waals surface area (Å²) in [6.07, 6.45) is 0.252. The number of hydrogen-bond acceptors (Lipinski definition) is 4. The molecule has 1 aliphatic rings. The molecular weight excluding hydrogens is 256 g/mol. The van der Waals surface area contributed by atoms with Gasteiger partial charge >= 0.3 is 5.97 Å². The molecule has 0 aliphatic carbocycles. The zero-order valence-corrected chi connectivity index (χ0v) is 11.3. The molecule has 0 bridgehead atoms. The zero-order valence-electron chi connectivity index (χ0n) is 10.5. The second-order valence-electron chi connectivity index (χ2n) is 4.24. The lowest BCUT2D eigenvalue weighted by atomic mass is 10.2. The average Bonchev–Trinajstić information content (AvgIpc) is 2.75. The molecule has 1 fully saturated rings. The number of rotatable bonds is 5. The number of nitrogens with zero attached hydrogens (tertiary/aromatic N) is 1. The van der Waals surface area contributed by atoms with Gasteiger partial charge in [-0.05, 0) is 6.92 Å². The highest BCUT2D eigenvalue weighted by Gasteiger charge is 2.34. The number of aliphatic carboxylic acids is 1. The smallest absolute Gasteiger partial charge is 0.305 e. The minimum atomic E-state index is -0.954. The molecule has 7 heteroatoms. The quantitative estimate of drug-likeness (QED) is 0.752. The molecule has 0 aromatic carbocycles. The third-order valence-electron chi connectivity index (χ3n) is 2.68. The summed E-state index contributed by atoms with van der Waals surface area (Å²) in [4.78, 5) is 35.6. The van der Waals surface area contributed by atoms with Crippen molar-refractivity contribution in [1.82, 2.24) is 10.2 Å². The zero-order chi connectivity index (χ0) is 13.7. The molecule has 102 valence electrons. The molecule has 0 radical (unpaired) electrons. The van der Waals surface area contributed by atoms with E-state index in [9.17, 15) is 14.4 Å². The maximum absolute atomic E-state index is 12.0. The van der Waals surface area contributed by atoms with Crippen molar-refractivity contribution in [2.45, 2.75) is 38.8 Å². The molecule has 0 aromatic heterocycles. The van der Waals surface area contributed by atoms with Crippen LogP contribution in [-0.2, 0) is 14.4 Å². The van der Waals surface area contributed by atoms with Crippen LogP contribution in [0.3, 0.4) is 0 Å². The summed E-state index contributed by atoms with van der Waals surface area (Å²) in [6.45, 7) is 3.40. The number of carboxylic acids is 1. The van der Waals surface area contributed by atoms with E-state index in [2.05, 4.69) is 5.32 Å². The standard InChI is InChI=1S/C11H18N2O4S/c1-3-9(14)13-6-18-5-8(13)11(17)12-7(2)4-10(15)16/h7-8H,3-6H2,1-2H3,(H,12,17)(H,15,16). The Morgan fingerprint density at radius 2 is 2.17 bits per heavy atom. The van der Waals surface area contributed by atoms with Gasteiger partial charge in [-0.2, -0.15) is 0 Å². The summed E-state index contributed by atoms with van der Waals surface area (Å²) in [5.41, 5.74) is 0. The number of carbonyl (C=O) groups is 3. The Hall–Kier alpha value is -1.24. The van der Waals surface area contributed by atoms with Crippen LogP contribution in [0, 0.1) is 0 Å². The van der Waals surface area contributed by atoms with Crippen molar-refractivity contribution in [3.05, 3.63) is 0 Å². The van der Waals surface area contributed by atoms with Crippen LogP contribution in [0.1, 0.15) is 26.7 Å². The van der Waals surface area contributed by atoms with Gasteiger partial charge in [-0.25, -0.2) is 0 Å². The van der Waals surface area contributed by atoms with E-state index in [-0.39, 0.29) is 18.2 Å². The molecule has 2 amide bonds. The Morgan fingerprint density at radius 3 is 2.72 bits per heavy atom. The fourth-order valence-corrected chi connectivity index (χ4v) is 2.94. The van der Waals surface area contributed by atoms with Crippen molar-refractivity contribution in [3.8, 4) is 0 Å². The molecule has 2 N–H and O–H groups in total. The van der Waals surface area contributed by atoms with Gasteiger partial charge in [0.15, 0.2) is 0 Å². The number of nitrogens with one attached hydrogen (secondary N) is 1. The van der Waals surface area contributed by atoms with Gasteiger partial charge in [0.25, 0.3) is 0 Å². The first-order chi connectivity index (χ1) is 8.45. The number of carboxylic acid groups (broad SMARTS) is 1. The number of carbonyl (C=O) groups excluding carboxylic acids is 2. The van der Waals surface area contributed by atoms with Gasteiger partial charge in [0.05, 0.1) is 12.3 Å². The molecule has 0 saturated carbocycles. The highest BCUT2D eigenvalue weighted by atomic mass is 32.2. The average molecular weight is 274 g/mol. The fourth-order valence-electron chi connectivity index (χ4n) is 1.76. The van der Waals surface area contributed by atoms with Crippen LogP contribution in [-0.4, -0.2) is 51.5 Å². The van der Waals surface area contributed by atoms with E-state index < -0.39 is 18.1 Å². The summed E-state index contributed by atoms with van der Waals surface area (Å²) in [7, 11) is 0. The van der Waals surface area contributed by atoms with Crippen molar-refractivity contribution in [1.29, 1.82) is 0 Å². The maximum Gasteiger partial charge on any atom is 0.305 e. The number of amides is 2. The molecule has 2 atom stereocenters. The summed E-state index contributed by atoms with van der Waals surface area (Å²) in [5, 5.41) is 11.3. The summed E-state index contributed by atoms with van der Waals surface area (Å²) >= 11 is 1.53. The minimum Gasteiger partial charge on any atom is -0.481 e. The van der Waals surface area contributed by atoms with Gasteiger partial charge in [0.2, 0.25) is 11.8 Å². The SMILES string of the molecule is CCC(=O)N1CSCC1C(=O)NC(C)CC(=O)O. The molecule has 1 rings (SSSR count). The topological polar surface area (TPSA) is 86.7 Å². The van der Waals surface area contributed by atoms with Crippen molar-refractivity contribution in [2.75, 3.05) is 11.6 Å². The maximum atomic E-state index is 12.0. The Bertz CT molecular complexity index is 348. The van der Waals surface area contributed by atoms with Gasteiger partial charge in [0.1, 0.15) is 6.04 Å².